The first-order chi connectivity index (χ1) is 9.50. The van der Waals surface area contributed by atoms with Gasteiger partial charge in [-0.15, -0.1) is 12.3 Å². The number of hydrogen-bond acceptors (Lipinski definition) is 3. The van der Waals surface area contributed by atoms with Crippen molar-refractivity contribution in [3.05, 3.63) is 0 Å². The molecule has 0 bridgehead atoms. The first kappa shape index (κ1) is 15.5. The van der Waals surface area contributed by atoms with Crippen LogP contribution < -0.4 is 0 Å². The Kier molecular flexibility index (Phi) is 4.88. The van der Waals surface area contributed by atoms with E-state index in [4.69, 9.17) is 15.9 Å². The molecule has 0 aromatic carbocycles. The molecule has 3 heteroatoms. The molecule has 1 saturated heterocycles. The number of ketones is 1. The molecule has 0 aromatic heterocycles. The molecule has 1 heterocycles. The molecular weight excluding hydrogens is 252 g/mol. The van der Waals surface area contributed by atoms with Gasteiger partial charge in [0.05, 0.1) is 12.7 Å². The predicted molar refractivity (Wildman–Crippen MR) is 78.1 cm³/mol. The Morgan fingerprint density at radius 1 is 1.35 bits per heavy atom. The highest BCUT2D eigenvalue weighted by atomic mass is 16.7. The van der Waals surface area contributed by atoms with E-state index in [0.717, 1.165) is 32.1 Å². The minimum absolute atomic E-state index is 0.0559. The van der Waals surface area contributed by atoms with Crippen LogP contribution in [-0.2, 0) is 14.3 Å². The molecule has 0 radical (unpaired) electrons. The van der Waals surface area contributed by atoms with E-state index in [1.165, 1.54) is 6.42 Å². The standard InChI is InChI=1S/C17H26O3/c1-4-5-9-14(18)16(2,3)15-10-13-19-17(20-15)11-7-6-8-12-17/h1,15H,5-13H2,2-3H3/t15-/m0/s1. The lowest BCUT2D eigenvalue weighted by atomic mass is 9.78. The summed E-state index contributed by atoms with van der Waals surface area (Å²) >= 11 is 0. The van der Waals surface area contributed by atoms with Crippen LogP contribution in [0.25, 0.3) is 0 Å². The first-order valence-corrected chi connectivity index (χ1v) is 7.79. The van der Waals surface area contributed by atoms with Crippen molar-refractivity contribution in [3.63, 3.8) is 0 Å². The molecule has 1 atom stereocenters. The molecule has 1 aliphatic heterocycles. The van der Waals surface area contributed by atoms with Crippen LogP contribution in [-0.4, -0.2) is 24.3 Å². The van der Waals surface area contributed by atoms with E-state index in [2.05, 4.69) is 5.92 Å². The van der Waals surface area contributed by atoms with Crippen molar-refractivity contribution in [2.75, 3.05) is 6.61 Å². The van der Waals surface area contributed by atoms with Crippen molar-refractivity contribution in [2.24, 2.45) is 5.41 Å². The van der Waals surface area contributed by atoms with Gasteiger partial charge in [0.1, 0.15) is 5.78 Å². The molecule has 20 heavy (non-hydrogen) atoms. The van der Waals surface area contributed by atoms with Crippen LogP contribution in [0.3, 0.4) is 0 Å². The monoisotopic (exact) mass is 278 g/mol. The van der Waals surface area contributed by atoms with Gasteiger partial charge in [-0.05, 0) is 19.3 Å². The molecule has 1 saturated carbocycles. The number of rotatable bonds is 4. The second-order valence-electron chi connectivity index (χ2n) is 6.56. The average molecular weight is 278 g/mol. The molecule has 2 aliphatic rings. The molecule has 2 rings (SSSR count). The molecule has 1 aliphatic carbocycles. The average Bonchev–Trinajstić information content (AvgIpc) is 2.45. The fraction of sp³-hybridized carbons (Fsp3) is 0.824. The van der Waals surface area contributed by atoms with Crippen molar-refractivity contribution in [1.82, 2.24) is 0 Å². The Balaban J connectivity index is 2.03. The quantitative estimate of drug-likeness (QED) is 0.739. The fourth-order valence-electron chi connectivity index (χ4n) is 3.25. The van der Waals surface area contributed by atoms with E-state index in [1.807, 2.05) is 13.8 Å². The van der Waals surface area contributed by atoms with Gasteiger partial charge in [0.15, 0.2) is 5.79 Å². The summed E-state index contributed by atoms with van der Waals surface area (Å²) in [5, 5.41) is 0. The fourth-order valence-corrected chi connectivity index (χ4v) is 3.25. The molecule has 112 valence electrons. The molecule has 0 N–H and O–H groups in total. The normalized spacial score (nSPS) is 26.1. The number of carbonyl (C=O) groups excluding carboxylic acids is 1. The highest BCUT2D eigenvalue weighted by molar-refractivity contribution is 5.84. The van der Waals surface area contributed by atoms with Gasteiger partial charge < -0.3 is 9.47 Å². The van der Waals surface area contributed by atoms with Gasteiger partial charge in [-0.1, -0.05) is 20.3 Å². The van der Waals surface area contributed by atoms with Crippen molar-refractivity contribution in [1.29, 1.82) is 0 Å². The topological polar surface area (TPSA) is 35.5 Å². The second-order valence-corrected chi connectivity index (χ2v) is 6.56. The smallest absolute Gasteiger partial charge is 0.168 e. The van der Waals surface area contributed by atoms with Crippen molar-refractivity contribution in [2.45, 2.75) is 77.1 Å². The van der Waals surface area contributed by atoms with E-state index in [9.17, 15) is 4.79 Å². The van der Waals surface area contributed by atoms with Crippen LogP contribution in [0, 0.1) is 17.8 Å². The molecule has 2 fully saturated rings. The Morgan fingerprint density at radius 2 is 2.05 bits per heavy atom. The molecule has 3 nitrogen and oxygen atoms in total. The molecule has 0 aromatic rings. The van der Waals surface area contributed by atoms with Crippen LogP contribution in [0.4, 0.5) is 0 Å². The maximum Gasteiger partial charge on any atom is 0.168 e. The second kappa shape index (κ2) is 6.28. The van der Waals surface area contributed by atoms with Crippen molar-refractivity contribution in [3.8, 4) is 12.3 Å². The number of carbonyl (C=O) groups is 1. The van der Waals surface area contributed by atoms with E-state index in [1.54, 1.807) is 0 Å². The Hall–Kier alpha value is -0.850. The van der Waals surface area contributed by atoms with Gasteiger partial charge in [0.25, 0.3) is 0 Å². The third-order valence-corrected chi connectivity index (χ3v) is 4.74. The van der Waals surface area contributed by atoms with Crippen LogP contribution in [0.15, 0.2) is 0 Å². The van der Waals surface area contributed by atoms with Gasteiger partial charge in [0.2, 0.25) is 0 Å². The lowest BCUT2D eigenvalue weighted by molar-refractivity contribution is -0.318. The van der Waals surface area contributed by atoms with Crippen molar-refractivity contribution >= 4 is 5.78 Å². The predicted octanol–water partition coefficient (Wildman–Crippen LogP) is 3.46. The Morgan fingerprint density at radius 3 is 2.70 bits per heavy atom. The lowest BCUT2D eigenvalue weighted by Gasteiger charge is -2.47. The van der Waals surface area contributed by atoms with Gasteiger partial charge in [-0.3, -0.25) is 4.79 Å². The van der Waals surface area contributed by atoms with Crippen LogP contribution in [0.5, 0.6) is 0 Å². The van der Waals surface area contributed by atoms with E-state index in [-0.39, 0.29) is 11.9 Å². The first-order valence-electron chi connectivity index (χ1n) is 7.79. The molecule has 0 unspecified atom stereocenters. The number of terminal acetylenes is 1. The largest absolute Gasteiger partial charge is 0.350 e. The van der Waals surface area contributed by atoms with Gasteiger partial charge in [-0.25, -0.2) is 0 Å². The number of Topliss-reactive ketones (excluding diaryl/α,β-unsaturated/α-hetero) is 1. The summed E-state index contributed by atoms with van der Waals surface area (Å²) in [7, 11) is 0. The van der Waals surface area contributed by atoms with E-state index < -0.39 is 11.2 Å². The summed E-state index contributed by atoms with van der Waals surface area (Å²) < 4.78 is 12.2. The minimum Gasteiger partial charge on any atom is -0.350 e. The van der Waals surface area contributed by atoms with Crippen LogP contribution >= 0.6 is 0 Å². The van der Waals surface area contributed by atoms with Crippen molar-refractivity contribution < 1.29 is 14.3 Å². The molecule has 0 amide bonds. The third kappa shape index (κ3) is 3.24. The summed E-state index contributed by atoms with van der Waals surface area (Å²) in [5.74, 6) is 2.32. The summed E-state index contributed by atoms with van der Waals surface area (Å²) in [6.07, 6.45) is 12.4. The summed E-state index contributed by atoms with van der Waals surface area (Å²) in [6, 6.07) is 0. The molecular formula is C17H26O3. The minimum atomic E-state index is -0.481. The highest BCUT2D eigenvalue weighted by Gasteiger charge is 2.46. The third-order valence-electron chi connectivity index (χ3n) is 4.74. The molecule has 1 spiro atoms. The summed E-state index contributed by atoms with van der Waals surface area (Å²) in [6.45, 7) is 4.66. The van der Waals surface area contributed by atoms with Crippen LogP contribution in [0.2, 0.25) is 0 Å². The SMILES string of the molecule is C#CCCC(=O)C(C)(C)[C@@H]1CCOC2(CCCCC2)O1. The van der Waals surface area contributed by atoms with E-state index >= 15 is 0 Å². The van der Waals surface area contributed by atoms with Gasteiger partial charge in [0, 0.05) is 31.1 Å². The lowest BCUT2D eigenvalue weighted by Crippen LogP contribution is -2.52. The zero-order valence-corrected chi connectivity index (χ0v) is 12.7. The van der Waals surface area contributed by atoms with Crippen LogP contribution in [0.1, 0.15) is 65.2 Å². The Bertz CT molecular complexity index is 380. The zero-order valence-electron chi connectivity index (χ0n) is 12.7. The number of hydrogen-bond donors (Lipinski definition) is 0. The van der Waals surface area contributed by atoms with E-state index in [0.29, 0.717) is 19.4 Å². The Labute approximate surface area is 122 Å². The van der Waals surface area contributed by atoms with Gasteiger partial charge >= 0.3 is 0 Å². The maximum atomic E-state index is 12.4. The van der Waals surface area contributed by atoms with Gasteiger partial charge in [-0.2, -0.15) is 0 Å². The zero-order chi connectivity index (χ0) is 14.6. The summed E-state index contributed by atoms with van der Waals surface area (Å²) in [4.78, 5) is 12.4. The summed E-state index contributed by atoms with van der Waals surface area (Å²) in [5.41, 5.74) is -0.481. The maximum absolute atomic E-state index is 12.4. The number of ether oxygens (including phenoxy) is 2. The highest BCUT2D eigenvalue weighted by Crippen LogP contribution is 2.42.